The van der Waals surface area contributed by atoms with Gasteiger partial charge in [0.1, 0.15) is 11.6 Å². The molecule has 1 heterocycles. The second-order valence-corrected chi connectivity index (χ2v) is 3.46. The third-order valence-electron chi connectivity index (χ3n) is 2.08. The molecule has 0 aliphatic carbocycles. The molecule has 2 N–H and O–H groups in total. The van der Waals surface area contributed by atoms with Crippen LogP contribution in [-0.4, -0.2) is 24.1 Å². The Labute approximate surface area is 86.5 Å². The maximum atomic E-state index is 13.1. The largest absolute Gasteiger partial charge is 0.368 e. The van der Waals surface area contributed by atoms with Crippen LogP contribution in [0.3, 0.4) is 0 Å². The Bertz CT molecular complexity index is 510. The standard InChI is InChI=1S/C10H11FN4/c1-15(2)9-7-5-6(11)3-4-8(7)13-10(12)14-9/h3-5H,1-2H3,(H2,12,13,14). The first kappa shape index (κ1) is 9.64. The van der Waals surface area contributed by atoms with E-state index in [9.17, 15) is 4.39 Å². The van der Waals surface area contributed by atoms with Crippen LogP contribution in [0.4, 0.5) is 16.2 Å². The summed E-state index contributed by atoms with van der Waals surface area (Å²) in [6.45, 7) is 0. The maximum absolute atomic E-state index is 13.1. The van der Waals surface area contributed by atoms with Gasteiger partial charge in [0.15, 0.2) is 0 Å². The number of nitrogens with zero attached hydrogens (tertiary/aromatic N) is 3. The molecule has 78 valence electrons. The van der Waals surface area contributed by atoms with Crippen molar-refractivity contribution in [1.82, 2.24) is 9.97 Å². The quantitative estimate of drug-likeness (QED) is 0.766. The molecular formula is C10H11FN4. The topological polar surface area (TPSA) is 55.0 Å². The SMILES string of the molecule is CN(C)c1nc(N)nc2ccc(F)cc12. The van der Waals surface area contributed by atoms with Gasteiger partial charge >= 0.3 is 0 Å². The molecule has 5 heteroatoms. The molecule has 2 rings (SSSR count). The van der Waals surface area contributed by atoms with Gasteiger partial charge in [0.2, 0.25) is 5.95 Å². The molecule has 0 aliphatic rings. The van der Waals surface area contributed by atoms with E-state index in [0.717, 1.165) is 0 Å². The second kappa shape index (κ2) is 3.34. The number of hydrogen-bond donors (Lipinski definition) is 1. The van der Waals surface area contributed by atoms with Crippen molar-refractivity contribution >= 4 is 22.7 Å². The Morgan fingerprint density at radius 1 is 1.27 bits per heavy atom. The van der Waals surface area contributed by atoms with Gasteiger partial charge in [0.25, 0.3) is 0 Å². The van der Waals surface area contributed by atoms with E-state index in [1.54, 1.807) is 11.0 Å². The van der Waals surface area contributed by atoms with Gasteiger partial charge in [-0.15, -0.1) is 0 Å². The van der Waals surface area contributed by atoms with Crippen LogP contribution in [0.5, 0.6) is 0 Å². The number of anilines is 2. The lowest BCUT2D eigenvalue weighted by molar-refractivity contribution is 0.629. The van der Waals surface area contributed by atoms with E-state index in [-0.39, 0.29) is 11.8 Å². The molecule has 2 aromatic rings. The summed E-state index contributed by atoms with van der Waals surface area (Å²) >= 11 is 0. The van der Waals surface area contributed by atoms with E-state index in [1.165, 1.54) is 12.1 Å². The lowest BCUT2D eigenvalue weighted by atomic mass is 10.2. The highest BCUT2D eigenvalue weighted by Gasteiger charge is 2.08. The summed E-state index contributed by atoms with van der Waals surface area (Å²) in [5.41, 5.74) is 6.20. The highest BCUT2D eigenvalue weighted by molar-refractivity contribution is 5.90. The average molecular weight is 206 g/mol. The number of halogens is 1. The molecule has 0 radical (unpaired) electrons. The molecule has 1 aromatic heterocycles. The summed E-state index contributed by atoms with van der Waals surface area (Å²) in [7, 11) is 3.65. The number of hydrogen-bond acceptors (Lipinski definition) is 4. The number of aromatic nitrogens is 2. The van der Waals surface area contributed by atoms with Crippen molar-refractivity contribution in [3.63, 3.8) is 0 Å². The molecule has 0 saturated carbocycles. The Balaban J connectivity index is 2.81. The molecule has 0 atom stereocenters. The zero-order chi connectivity index (χ0) is 11.0. The molecule has 0 bridgehead atoms. The summed E-state index contributed by atoms with van der Waals surface area (Å²) in [4.78, 5) is 9.88. The van der Waals surface area contributed by atoms with Crippen molar-refractivity contribution in [3.8, 4) is 0 Å². The highest BCUT2D eigenvalue weighted by Crippen LogP contribution is 2.23. The van der Waals surface area contributed by atoms with Gasteiger partial charge in [-0.05, 0) is 18.2 Å². The average Bonchev–Trinajstić information content (AvgIpc) is 2.17. The molecule has 0 spiro atoms. The van der Waals surface area contributed by atoms with Gasteiger partial charge in [0.05, 0.1) is 5.52 Å². The van der Waals surface area contributed by atoms with Crippen LogP contribution in [0.25, 0.3) is 10.9 Å². The van der Waals surface area contributed by atoms with E-state index in [4.69, 9.17) is 5.73 Å². The third-order valence-corrected chi connectivity index (χ3v) is 2.08. The van der Waals surface area contributed by atoms with Gasteiger partial charge < -0.3 is 10.6 Å². The molecule has 0 unspecified atom stereocenters. The number of nitrogen functional groups attached to an aromatic ring is 1. The molecular weight excluding hydrogens is 195 g/mol. The summed E-state index contributed by atoms with van der Waals surface area (Å²) in [6.07, 6.45) is 0. The van der Waals surface area contributed by atoms with E-state index in [1.807, 2.05) is 14.1 Å². The molecule has 0 amide bonds. The Morgan fingerprint density at radius 3 is 2.67 bits per heavy atom. The van der Waals surface area contributed by atoms with Gasteiger partial charge in [-0.25, -0.2) is 9.37 Å². The highest BCUT2D eigenvalue weighted by atomic mass is 19.1. The smallest absolute Gasteiger partial charge is 0.222 e. The zero-order valence-corrected chi connectivity index (χ0v) is 8.53. The van der Waals surface area contributed by atoms with E-state index in [2.05, 4.69) is 9.97 Å². The fraction of sp³-hybridized carbons (Fsp3) is 0.200. The summed E-state index contributed by atoms with van der Waals surface area (Å²) < 4.78 is 13.1. The van der Waals surface area contributed by atoms with Crippen LogP contribution in [0.15, 0.2) is 18.2 Å². The van der Waals surface area contributed by atoms with E-state index < -0.39 is 0 Å². The molecule has 4 nitrogen and oxygen atoms in total. The minimum atomic E-state index is -0.307. The van der Waals surface area contributed by atoms with Crippen LogP contribution in [0, 0.1) is 5.82 Å². The van der Waals surface area contributed by atoms with Crippen LogP contribution in [-0.2, 0) is 0 Å². The Hall–Kier alpha value is -1.91. The van der Waals surface area contributed by atoms with Gasteiger partial charge in [-0.1, -0.05) is 0 Å². The first-order chi connectivity index (χ1) is 7.08. The Kier molecular flexibility index (Phi) is 2.15. The molecule has 0 aliphatic heterocycles. The van der Waals surface area contributed by atoms with Crippen LogP contribution < -0.4 is 10.6 Å². The number of benzene rings is 1. The molecule has 0 saturated heterocycles. The first-order valence-corrected chi connectivity index (χ1v) is 4.48. The number of fused-ring (bicyclic) bond motifs is 1. The number of nitrogens with two attached hydrogens (primary N) is 1. The maximum Gasteiger partial charge on any atom is 0.222 e. The lowest BCUT2D eigenvalue weighted by Gasteiger charge is -2.14. The van der Waals surface area contributed by atoms with Gasteiger partial charge in [-0.2, -0.15) is 4.98 Å². The molecule has 1 aromatic carbocycles. The van der Waals surface area contributed by atoms with E-state index in [0.29, 0.717) is 16.7 Å². The zero-order valence-electron chi connectivity index (χ0n) is 8.53. The normalized spacial score (nSPS) is 10.6. The van der Waals surface area contributed by atoms with Crippen molar-refractivity contribution < 1.29 is 4.39 Å². The van der Waals surface area contributed by atoms with Crippen LogP contribution in [0.1, 0.15) is 0 Å². The minimum Gasteiger partial charge on any atom is -0.368 e. The summed E-state index contributed by atoms with van der Waals surface area (Å²) in [5.74, 6) is 0.508. The van der Waals surface area contributed by atoms with Crippen molar-refractivity contribution in [2.75, 3.05) is 24.7 Å². The van der Waals surface area contributed by atoms with Crippen molar-refractivity contribution in [2.45, 2.75) is 0 Å². The summed E-state index contributed by atoms with van der Waals surface area (Å²) in [6, 6.07) is 4.36. The fourth-order valence-electron chi connectivity index (χ4n) is 1.44. The minimum absolute atomic E-state index is 0.192. The number of rotatable bonds is 1. The third kappa shape index (κ3) is 1.68. The molecule has 0 fully saturated rings. The van der Waals surface area contributed by atoms with Gasteiger partial charge in [0, 0.05) is 19.5 Å². The predicted octanol–water partition coefficient (Wildman–Crippen LogP) is 1.42. The fourth-order valence-corrected chi connectivity index (χ4v) is 1.44. The van der Waals surface area contributed by atoms with Crippen LogP contribution in [0.2, 0.25) is 0 Å². The monoisotopic (exact) mass is 206 g/mol. The van der Waals surface area contributed by atoms with Crippen molar-refractivity contribution in [2.24, 2.45) is 0 Å². The van der Waals surface area contributed by atoms with Crippen molar-refractivity contribution in [1.29, 1.82) is 0 Å². The van der Waals surface area contributed by atoms with Gasteiger partial charge in [-0.3, -0.25) is 0 Å². The lowest BCUT2D eigenvalue weighted by Crippen LogP contribution is -2.13. The first-order valence-electron chi connectivity index (χ1n) is 4.48. The Morgan fingerprint density at radius 2 is 2.00 bits per heavy atom. The van der Waals surface area contributed by atoms with E-state index >= 15 is 0 Å². The summed E-state index contributed by atoms with van der Waals surface area (Å²) in [5, 5.41) is 0.661. The predicted molar refractivity (Wildman–Crippen MR) is 58.2 cm³/mol. The van der Waals surface area contributed by atoms with Crippen molar-refractivity contribution in [3.05, 3.63) is 24.0 Å². The second-order valence-electron chi connectivity index (χ2n) is 3.46. The van der Waals surface area contributed by atoms with Crippen LogP contribution >= 0.6 is 0 Å². The molecule has 15 heavy (non-hydrogen) atoms.